The number of carbonyl (C=O) groups excluding carboxylic acids is 2. The van der Waals surface area contributed by atoms with Gasteiger partial charge in [-0.3, -0.25) is 9.59 Å². The van der Waals surface area contributed by atoms with Gasteiger partial charge in [-0.05, 0) is 81.5 Å². The Hall–Kier alpha value is -1.72. The van der Waals surface area contributed by atoms with Crippen molar-refractivity contribution in [2.45, 2.75) is 159 Å². The van der Waals surface area contributed by atoms with Crippen LogP contribution in [0.5, 0.6) is 0 Å². The molecule has 18 atom stereocenters. The number of fused-ring (bicyclic) bond motifs is 5. The van der Waals surface area contributed by atoms with Gasteiger partial charge >= 0.3 is 11.9 Å². The highest BCUT2D eigenvalue weighted by molar-refractivity contribution is 5.66. The Balaban J connectivity index is 1.19. The van der Waals surface area contributed by atoms with E-state index in [1.54, 1.807) is 6.92 Å². The van der Waals surface area contributed by atoms with E-state index in [0.29, 0.717) is 32.1 Å². The summed E-state index contributed by atoms with van der Waals surface area (Å²) in [5.41, 5.74) is -2.52. The summed E-state index contributed by atoms with van der Waals surface area (Å²) in [5.74, 6) is -2.21. The van der Waals surface area contributed by atoms with Gasteiger partial charge in [0.1, 0.15) is 48.8 Å². The summed E-state index contributed by atoms with van der Waals surface area (Å²) in [6.45, 7) is 9.65. The monoisotopic (exact) mass is 754 g/mol. The van der Waals surface area contributed by atoms with E-state index in [0.717, 1.165) is 19.3 Å². The molecule has 6 rings (SSSR count). The lowest BCUT2D eigenvalue weighted by molar-refractivity contribution is -0.316. The smallest absolute Gasteiger partial charge is 0.302 e. The SMILES string of the molecule is CC[C@H]1[C@H](O)[C@H]([C@@H](CO)[C@@]2(O)[C@@H](O)C[C@H]3C4=CC[C@H]5C[C@@H](O[C@@H]6O[C@H](COC(C)=O)[C@@H](O)[C@H](O)[C@H]6O)CC[C@]5(C)C4CC[C@@]32C)O[C@]1(C)COC(C)=O. The molecule has 2 aliphatic heterocycles. The maximum absolute atomic E-state index is 12.8. The van der Waals surface area contributed by atoms with Crippen LogP contribution in [0.2, 0.25) is 0 Å². The lowest BCUT2D eigenvalue weighted by Crippen LogP contribution is -2.63. The van der Waals surface area contributed by atoms with Crippen molar-refractivity contribution in [2.24, 2.45) is 40.4 Å². The van der Waals surface area contributed by atoms with E-state index in [1.165, 1.54) is 19.4 Å². The molecule has 14 nitrogen and oxygen atoms in total. The summed E-state index contributed by atoms with van der Waals surface area (Å²) >= 11 is 0. The molecule has 2 saturated heterocycles. The maximum atomic E-state index is 12.8. The molecular weight excluding hydrogens is 692 g/mol. The first-order chi connectivity index (χ1) is 24.9. The molecule has 0 aromatic carbocycles. The molecule has 0 amide bonds. The van der Waals surface area contributed by atoms with Gasteiger partial charge < -0.3 is 59.4 Å². The van der Waals surface area contributed by atoms with Crippen molar-refractivity contribution < 1.29 is 69.0 Å². The number of hydrogen-bond donors (Lipinski definition) is 7. The molecule has 7 N–H and O–H groups in total. The highest BCUT2D eigenvalue weighted by Gasteiger charge is 2.71. The number of aliphatic hydroxyl groups is 7. The zero-order valence-corrected chi connectivity index (χ0v) is 31.9. The van der Waals surface area contributed by atoms with Crippen LogP contribution in [0.1, 0.15) is 92.9 Å². The predicted molar refractivity (Wildman–Crippen MR) is 187 cm³/mol. The van der Waals surface area contributed by atoms with Crippen LogP contribution >= 0.6 is 0 Å². The van der Waals surface area contributed by atoms with Crippen LogP contribution in [-0.4, -0.2) is 134 Å². The van der Waals surface area contributed by atoms with E-state index in [-0.39, 0.29) is 42.5 Å². The molecular formula is C39H62O14. The lowest BCUT2D eigenvalue weighted by atomic mass is 9.47. The minimum atomic E-state index is -1.77. The largest absolute Gasteiger partial charge is 0.463 e. The molecule has 6 aliphatic rings. The van der Waals surface area contributed by atoms with Crippen LogP contribution in [0.3, 0.4) is 0 Å². The molecule has 302 valence electrons. The number of ether oxygens (including phenoxy) is 5. The first-order valence-electron chi connectivity index (χ1n) is 19.5. The van der Waals surface area contributed by atoms with Gasteiger partial charge in [-0.25, -0.2) is 0 Å². The molecule has 5 fully saturated rings. The molecule has 0 aromatic heterocycles. The third-order valence-corrected chi connectivity index (χ3v) is 14.9. The average molecular weight is 755 g/mol. The summed E-state index contributed by atoms with van der Waals surface area (Å²) in [4.78, 5) is 23.0. The van der Waals surface area contributed by atoms with E-state index >= 15 is 0 Å². The van der Waals surface area contributed by atoms with Gasteiger partial charge in [-0.1, -0.05) is 32.4 Å². The van der Waals surface area contributed by atoms with Gasteiger partial charge in [-0.15, -0.1) is 0 Å². The molecule has 14 heteroatoms. The van der Waals surface area contributed by atoms with Gasteiger partial charge in [0, 0.05) is 31.1 Å². The third-order valence-electron chi connectivity index (χ3n) is 14.9. The van der Waals surface area contributed by atoms with E-state index in [9.17, 15) is 45.3 Å². The summed E-state index contributed by atoms with van der Waals surface area (Å²) < 4.78 is 28.8. The van der Waals surface area contributed by atoms with E-state index < -0.39 is 96.0 Å². The highest BCUT2D eigenvalue weighted by Crippen LogP contribution is 2.68. The van der Waals surface area contributed by atoms with Crippen molar-refractivity contribution in [3.8, 4) is 0 Å². The van der Waals surface area contributed by atoms with Gasteiger partial charge in [0.2, 0.25) is 0 Å². The fourth-order valence-electron chi connectivity index (χ4n) is 11.8. The second-order valence-corrected chi connectivity index (χ2v) is 17.6. The molecule has 0 bridgehead atoms. The Morgan fingerprint density at radius 3 is 2.26 bits per heavy atom. The summed E-state index contributed by atoms with van der Waals surface area (Å²) in [6.07, 6.45) is -2.92. The molecule has 4 aliphatic carbocycles. The Morgan fingerprint density at radius 2 is 1.62 bits per heavy atom. The van der Waals surface area contributed by atoms with Crippen molar-refractivity contribution in [1.29, 1.82) is 0 Å². The van der Waals surface area contributed by atoms with Crippen LogP contribution < -0.4 is 0 Å². The molecule has 0 aromatic rings. The Bertz CT molecular complexity index is 1390. The van der Waals surface area contributed by atoms with Crippen LogP contribution in [0, 0.1) is 40.4 Å². The second kappa shape index (κ2) is 15.0. The predicted octanol–water partition coefficient (Wildman–Crippen LogP) is 1.12. The quantitative estimate of drug-likeness (QED) is 0.123. The summed E-state index contributed by atoms with van der Waals surface area (Å²) in [6, 6.07) is 0. The topological polar surface area (TPSA) is 222 Å². The van der Waals surface area contributed by atoms with E-state index in [2.05, 4.69) is 13.0 Å². The van der Waals surface area contributed by atoms with Crippen molar-refractivity contribution in [2.75, 3.05) is 19.8 Å². The van der Waals surface area contributed by atoms with Crippen LogP contribution in [0.4, 0.5) is 0 Å². The number of hydrogen-bond acceptors (Lipinski definition) is 14. The number of rotatable bonds is 10. The van der Waals surface area contributed by atoms with Crippen LogP contribution in [-0.2, 0) is 33.3 Å². The Labute approximate surface area is 311 Å². The average Bonchev–Trinajstić information content (AvgIpc) is 3.48. The first-order valence-corrected chi connectivity index (χ1v) is 19.5. The van der Waals surface area contributed by atoms with Gasteiger partial charge in [0.15, 0.2) is 6.29 Å². The number of esters is 2. The molecule has 0 radical (unpaired) electrons. The number of allylic oxidation sites excluding steroid dienone is 2. The molecule has 1 unspecified atom stereocenters. The Kier molecular flexibility index (Phi) is 11.6. The minimum absolute atomic E-state index is 0.0798. The summed E-state index contributed by atoms with van der Waals surface area (Å²) in [7, 11) is 0. The fraction of sp³-hybridized carbons (Fsp3) is 0.897. The van der Waals surface area contributed by atoms with Crippen molar-refractivity contribution in [1.82, 2.24) is 0 Å². The normalized spacial score (nSPS) is 50.0. The number of carbonyl (C=O) groups is 2. The van der Waals surface area contributed by atoms with Crippen LogP contribution in [0.15, 0.2) is 11.6 Å². The zero-order chi connectivity index (χ0) is 38.8. The summed E-state index contributed by atoms with van der Waals surface area (Å²) in [5, 5.41) is 78.8. The molecule has 0 spiro atoms. The second-order valence-electron chi connectivity index (χ2n) is 17.6. The van der Waals surface area contributed by atoms with Gasteiger partial charge in [0.25, 0.3) is 0 Å². The van der Waals surface area contributed by atoms with Crippen molar-refractivity contribution in [3.05, 3.63) is 11.6 Å². The van der Waals surface area contributed by atoms with Crippen molar-refractivity contribution in [3.63, 3.8) is 0 Å². The molecule has 53 heavy (non-hydrogen) atoms. The first kappa shape index (κ1) is 40.9. The molecule has 2 heterocycles. The van der Waals surface area contributed by atoms with E-state index in [4.69, 9.17) is 23.7 Å². The minimum Gasteiger partial charge on any atom is -0.463 e. The zero-order valence-electron chi connectivity index (χ0n) is 31.9. The van der Waals surface area contributed by atoms with Crippen LogP contribution in [0.25, 0.3) is 0 Å². The van der Waals surface area contributed by atoms with Gasteiger partial charge in [-0.2, -0.15) is 0 Å². The maximum Gasteiger partial charge on any atom is 0.302 e. The van der Waals surface area contributed by atoms with E-state index in [1.807, 2.05) is 13.8 Å². The Morgan fingerprint density at radius 1 is 0.925 bits per heavy atom. The fourth-order valence-corrected chi connectivity index (χ4v) is 11.8. The van der Waals surface area contributed by atoms with Gasteiger partial charge in [0.05, 0.1) is 31.0 Å². The standard InChI is InChI=1S/C39H62O14/c1-7-24-30(44)34(53-38(24,6)18-50-20(3)42)27(16-40)39(48)29(43)15-26-23-9-8-21-14-22(10-12-36(21,4)25(23)11-13-37(26,39)5)51-35-33(47)32(46)31(45)28(52-35)17-49-19(2)41/h9,21-22,24-35,40,43-48H,7-8,10-18H2,1-6H3/t21-,22-,24-,25?,26-,27+,28+,29-,30-,31+,32-,33+,34-,35+,36-,37-,38+,39+/m0/s1. The highest BCUT2D eigenvalue weighted by atomic mass is 16.7. The number of aliphatic hydroxyl groups excluding tert-OH is 6. The lowest BCUT2D eigenvalue weighted by Gasteiger charge is -2.59. The molecule has 3 saturated carbocycles. The van der Waals surface area contributed by atoms with Crippen molar-refractivity contribution >= 4 is 11.9 Å². The third kappa shape index (κ3) is 6.70.